The van der Waals surface area contributed by atoms with Crippen molar-refractivity contribution in [1.29, 1.82) is 0 Å². The highest BCUT2D eigenvalue weighted by Crippen LogP contribution is 2.62. The van der Waals surface area contributed by atoms with E-state index in [1.165, 1.54) is 5.32 Å². The zero-order valence-electron chi connectivity index (χ0n) is 19.0. The van der Waals surface area contributed by atoms with Crippen molar-refractivity contribution in [2.45, 2.75) is 87.2 Å². The fraction of sp³-hybridized carbons (Fsp3) is 0.842. The first-order chi connectivity index (χ1) is 16.4. The van der Waals surface area contributed by atoms with E-state index in [0.29, 0.717) is 20.0 Å². The van der Waals surface area contributed by atoms with Crippen LogP contribution in [0.3, 0.4) is 0 Å². The van der Waals surface area contributed by atoms with Crippen LogP contribution in [0.25, 0.3) is 0 Å². The van der Waals surface area contributed by atoms with Gasteiger partial charge in [0.2, 0.25) is 0 Å². The third kappa shape index (κ3) is 6.52. The standard InChI is InChI=1S/C19H22F15NO2/c1-3-4-5-6-7-8-9-35-11(10-12(36)37-2)13(20,21)14(22,23)15(24,25)16(26,27)17(28,29)18(30,31)19(32,33)34/h10,35H,3-9H2,1-2H3/b11-10-. The molecule has 18 heteroatoms. The van der Waals surface area contributed by atoms with Crippen LogP contribution in [-0.2, 0) is 9.53 Å². The summed E-state index contributed by atoms with van der Waals surface area (Å²) in [5.74, 6) is -49.5. The van der Waals surface area contributed by atoms with Gasteiger partial charge in [-0.3, -0.25) is 0 Å². The smallest absolute Gasteiger partial charge is 0.460 e. The number of rotatable bonds is 15. The molecule has 0 aliphatic rings. The average Bonchev–Trinajstić information content (AvgIpc) is 2.75. The van der Waals surface area contributed by atoms with E-state index in [9.17, 15) is 70.7 Å². The van der Waals surface area contributed by atoms with Crippen molar-refractivity contribution >= 4 is 5.97 Å². The summed E-state index contributed by atoms with van der Waals surface area (Å²) in [6, 6.07) is 0. The number of alkyl halides is 15. The molecule has 0 rings (SSSR count). The monoisotopic (exact) mass is 581 g/mol. The Balaban J connectivity index is 6.38. The molecule has 37 heavy (non-hydrogen) atoms. The Hall–Kier alpha value is -2.04. The van der Waals surface area contributed by atoms with E-state index < -0.39 is 66.0 Å². The minimum absolute atomic E-state index is 0.147. The van der Waals surface area contributed by atoms with E-state index in [1.807, 2.05) is 6.92 Å². The van der Waals surface area contributed by atoms with E-state index in [4.69, 9.17) is 0 Å². The summed E-state index contributed by atoms with van der Waals surface area (Å²) < 4.78 is 205. The van der Waals surface area contributed by atoms with Gasteiger partial charge in [-0.2, -0.15) is 65.9 Å². The van der Waals surface area contributed by atoms with Crippen molar-refractivity contribution in [3.63, 3.8) is 0 Å². The number of allylic oxidation sites excluding steroid dienone is 1. The number of carbonyl (C=O) groups excluding carboxylic acids is 1. The van der Waals surface area contributed by atoms with Crippen molar-refractivity contribution in [1.82, 2.24) is 5.32 Å². The van der Waals surface area contributed by atoms with Crippen molar-refractivity contribution in [2.75, 3.05) is 13.7 Å². The van der Waals surface area contributed by atoms with Crippen LogP contribution in [0.5, 0.6) is 0 Å². The molecule has 1 N–H and O–H groups in total. The molecule has 0 atom stereocenters. The largest absolute Gasteiger partial charge is 0.466 e. The number of unbranched alkanes of at least 4 members (excludes halogenated alkanes) is 5. The summed E-state index contributed by atoms with van der Waals surface area (Å²) in [5, 5.41) is 1.38. The number of hydrogen-bond acceptors (Lipinski definition) is 3. The van der Waals surface area contributed by atoms with Gasteiger partial charge in [0, 0.05) is 12.6 Å². The summed E-state index contributed by atoms with van der Waals surface area (Å²) in [5.41, 5.74) is -2.57. The van der Waals surface area contributed by atoms with Crippen molar-refractivity contribution in [3.8, 4) is 0 Å². The Morgan fingerprint density at radius 1 is 0.649 bits per heavy atom. The van der Waals surface area contributed by atoms with Gasteiger partial charge in [0.25, 0.3) is 0 Å². The SMILES string of the molecule is CCCCCCCCN/C(=C\C(=O)OC)C(F)(F)C(F)(F)C(F)(F)C(F)(F)C(F)(F)C(F)(F)C(F)(F)F. The van der Waals surface area contributed by atoms with Crippen LogP contribution in [0.2, 0.25) is 0 Å². The maximum absolute atomic E-state index is 14.4. The lowest BCUT2D eigenvalue weighted by atomic mass is 9.90. The topological polar surface area (TPSA) is 38.3 Å². The third-order valence-corrected chi connectivity index (χ3v) is 4.98. The molecule has 0 fully saturated rings. The average molecular weight is 581 g/mol. The molecule has 0 saturated carbocycles. The minimum Gasteiger partial charge on any atom is -0.466 e. The molecule has 0 amide bonds. The predicted molar refractivity (Wildman–Crippen MR) is 97.2 cm³/mol. The van der Waals surface area contributed by atoms with E-state index in [1.54, 1.807) is 0 Å². The first kappa shape index (κ1) is 35.0. The molecule has 0 aromatic heterocycles. The van der Waals surface area contributed by atoms with Crippen molar-refractivity contribution < 1.29 is 75.4 Å². The van der Waals surface area contributed by atoms with Gasteiger partial charge in [-0.15, -0.1) is 0 Å². The Morgan fingerprint density at radius 3 is 1.49 bits per heavy atom. The van der Waals surface area contributed by atoms with Gasteiger partial charge in [-0.1, -0.05) is 39.0 Å². The summed E-state index contributed by atoms with van der Waals surface area (Å²) in [6.45, 7) is 1.05. The Kier molecular flexibility index (Phi) is 11.1. The van der Waals surface area contributed by atoms with Crippen molar-refractivity contribution in [3.05, 3.63) is 11.8 Å². The lowest BCUT2D eigenvalue weighted by Crippen LogP contribution is -2.73. The number of halogens is 15. The molecular weight excluding hydrogens is 559 g/mol. The molecular formula is C19H22F15NO2. The normalized spacial score (nSPS) is 15.1. The molecule has 3 nitrogen and oxygen atoms in total. The summed E-state index contributed by atoms with van der Waals surface area (Å²) in [4.78, 5) is 11.3. The van der Waals surface area contributed by atoms with E-state index >= 15 is 0 Å². The molecule has 0 heterocycles. The highest BCUT2D eigenvalue weighted by molar-refractivity contribution is 5.82. The molecule has 220 valence electrons. The van der Waals surface area contributed by atoms with Crippen LogP contribution >= 0.6 is 0 Å². The lowest BCUT2D eigenvalue weighted by molar-refractivity contribution is -0.450. The quantitative estimate of drug-likeness (QED) is 0.0951. The molecule has 0 saturated heterocycles. The highest BCUT2D eigenvalue weighted by Gasteiger charge is 2.93. The maximum Gasteiger partial charge on any atom is 0.460 e. The van der Waals surface area contributed by atoms with Gasteiger partial charge >= 0.3 is 47.7 Å². The van der Waals surface area contributed by atoms with Crippen LogP contribution in [0, 0.1) is 0 Å². The van der Waals surface area contributed by atoms with Crippen LogP contribution in [0.15, 0.2) is 11.8 Å². The fourth-order valence-electron chi connectivity index (χ4n) is 2.69. The summed E-state index contributed by atoms with van der Waals surface area (Å²) in [7, 11) is 0.475. The molecule has 0 unspecified atom stereocenters. The molecule has 0 aromatic carbocycles. The van der Waals surface area contributed by atoms with Gasteiger partial charge < -0.3 is 10.1 Å². The zero-order chi connectivity index (χ0) is 29.7. The Morgan fingerprint density at radius 2 is 1.05 bits per heavy atom. The number of esters is 1. The Bertz CT molecular complexity index is 791. The molecule has 0 bridgehead atoms. The van der Waals surface area contributed by atoms with Crippen LogP contribution in [0.1, 0.15) is 45.4 Å². The third-order valence-electron chi connectivity index (χ3n) is 4.98. The van der Waals surface area contributed by atoms with Gasteiger partial charge in [0.05, 0.1) is 12.8 Å². The Labute approximate surface area is 200 Å². The number of carbonyl (C=O) groups is 1. The van der Waals surface area contributed by atoms with Gasteiger partial charge in [-0.25, -0.2) is 4.79 Å². The van der Waals surface area contributed by atoms with Crippen LogP contribution in [0.4, 0.5) is 65.9 Å². The second kappa shape index (κ2) is 11.8. The molecule has 0 aromatic rings. The minimum atomic E-state index is -8.40. The number of ether oxygens (including phenoxy) is 1. The molecule has 0 spiro atoms. The second-order valence-electron chi connectivity index (χ2n) is 7.72. The predicted octanol–water partition coefficient (Wildman–Crippen LogP) is 7.37. The van der Waals surface area contributed by atoms with E-state index in [0.717, 1.165) is 12.8 Å². The molecule has 0 aliphatic heterocycles. The second-order valence-corrected chi connectivity index (χ2v) is 7.72. The number of methoxy groups -OCH3 is 1. The molecule has 0 aliphatic carbocycles. The maximum atomic E-state index is 14.4. The van der Waals surface area contributed by atoms with Gasteiger partial charge in [-0.05, 0) is 6.42 Å². The van der Waals surface area contributed by atoms with Crippen LogP contribution in [-0.4, -0.2) is 61.3 Å². The first-order valence-electron chi connectivity index (χ1n) is 10.3. The lowest BCUT2D eigenvalue weighted by Gasteiger charge is -2.41. The van der Waals surface area contributed by atoms with Gasteiger partial charge in [0.15, 0.2) is 0 Å². The van der Waals surface area contributed by atoms with E-state index in [-0.39, 0.29) is 12.8 Å². The summed E-state index contributed by atoms with van der Waals surface area (Å²) >= 11 is 0. The summed E-state index contributed by atoms with van der Waals surface area (Å²) in [6.07, 6.45) is -5.55. The number of hydrogen-bond donors (Lipinski definition) is 1. The van der Waals surface area contributed by atoms with E-state index in [2.05, 4.69) is 4.74 Å². The highest BCUT2D eigenvalue weighted by atomic mass is 19.4. The first-order valence-corrected chi connectivity index (χ1v) is 10.3. The molecule has 0 radical (unpaired) electrons. The fourth-order valence-corrected chi connectivity index (χ4v) is 2.69. The number of nitrogens with one attached hydrogen (secondary N) is 1. The van der Waals surface area contributed by atoms with Crippen molar-refractivity contribution in [2.24, 2.45) is 0 Å². The van der Waals surface area contributed by atoms with Crippen LogP contribution < -0.4 is 5.32 Å². The van der Waals surface area contributed by atoms with Gasteiger partial charge in [0.1, 0.15) is 0 Å². The zero-order valence-corrected chi connectivity index (χ0v) is 19.0.